The second-order valence-electron chi connectivity index (χ2n) is 35.9. The average molecular weight is 1770 g/mol. The van der Waals surface area contributed by atoms with Crippen molar-refractivity contribution in [1.82, 2.24) is 26.6 Å². The minimum absolute atomic E-state index is 0.0385. The zero-order valence-electron chi connectivity index (χ0n) is 80.2. The summed E-state index contributed by atoms with van der Waals surface area (Å²) in [4.78, 5) is 89.2. The number of hydrogen-bond acceptors (Lipinski definition) is 15. The number of nitrogens with two attached hydrogens (primary N) is 3. The average Bonchev–Trinajstić information content (AvgIpc) is 1.63. The molecule has 4 amide bonds. The summed E-state index contributed by atoms with van der Waals surface area (Å²) in [5.74, 6) is 4.51. The second-order valence-corrected chi connectivity index (χ2v) is 35.9. The molecule has 11 N–H and O–H groups in total. The van der Waals surface area contributed by atoms with Gasteiger partial charge in [-0.2, -0.15) is 0 Å². The standard InChI is InChI=1S/C29H40N2O3.C29H42N2O3.C27H38N2O3.C25H36N2O2/c1-4-8-20(2)19-34-26-15-13-23(14-16-26)25(18-31-29(33)28(30)24-11-12-24)17-27(32)21(3)22-9-6-5-7-10-22;1-5-10-21(3)20-34-26-16-14-24(15-17-26)25(19-31-29(33)27(30)11-6-2)18-28(32)22(4)23-12-8-7-9-13-23;1-5-9-19(2)18-32-25-14-12-23(13-15-25)24(17-29-27(31)21(4)28)16-26(30)20(3)22-10-7-6-8-11-22;1-5-16-26-17-24(27-25(28)20(4)21-10-8-7-9-11-21)22-12-14-23(15-13-22)29-18-19(3)6-2/h5-7,9-10,13-16,20-21,24-25,28H,4,8,11-12,17-19,30H2,1-3H3,(H,31,33);7-9,12-17,21-22,25,27H,5-6,10-11,18-20,30H2,1-4H3,(H,31,33);6-8,10-15,19-21,24H,5,9,16-18,28H2,1-4H3,(H,29,31);7-15,19-20,24,26H,5-6,16-18H2,1-4H3,(H,27,28)/t20?,21-,25-,28+;21?,22-,25-,27+;19?,20-,21+,24-;19-,20-,24-/m0000/s1. The summed E-state index contributed by atoms with van der Waals surface area (Å²) in [6.07, 6.45) is 13.6. The van der Waals surface area contributed by atoms with Crippen LogP contribution in [0.2, 0.25) is 0 Å². The van der Waals surface area contributed by atoms with Gasteiger partial charge in [-0.25, -0.2) is 0 Å². The summed E-state index contributed by atoms with van der Waals surface area (Å²) in [7, 11) is 0. The summed E-state index contributed by atoms with van der Waals surface area (Å²) >= 11 is 0. The van der Waals surface area contributed by atoms with Gasteiger partial charge in [0.15, 0.2) is 0 Å². The topological polar surface area (TPSA) is 295 Å². The Labute approximate surface area is 773 Å². The minimum Gasteiger partial charge on any atom is -0.493 e. The number of hydrogen-bond donors (Lipinski definition) is 8. The van der Waals surface area contributed by atoms with E-state index in [1.807, 2.05) is 241 Å². The molecule has 8 aromatic rings. The molecule has 15 atom stereocenters. The van der Waals surface area contributed by atoms with Gasteiger partial charge in [-0.05, 0) is 188 Å². The van der Waals surface area contributed by atoms with Crippen molar-refractivity contribution in [3.05, 3.63) is 263 Å². The SMILES string of the molecule is CCCC(C)COc1ccc([C@H](CNC(=O)[C@@H](C)N)CC(=O)[C@@H](C)c2ccccc2)cc1.CCCC(C)COc1ccc([C@H](CNC(=O)[C@H](N)C2CC2)CC(=O)[C@@H](C)c2ccccc2)cc1.CCCC(C)COc1ccc([C@H](CNC(=O)[C@H](N)CCC)CC(=O)[C@@H](C)c2ccccc2)cc1.CCCNC[C@H](NC(=O)[C@@H](C)c1ccccc1)c1ccc(OC[C@@H](C)CC)cc1. The van der Waals surface area contributed by atoms with Crippen LogP contribution >= 0.6 is 0 Å². The highest BCUT2D eigenvalue weighted by Gasteiger charge is 2.34. The van der Waals surface area contributed by atoms with Gasteiger partial charge in [0.05, 0.1) is 56.5 Å². The molecule has 1 saturated carbocycles. The fraction of sp³-hybridized carbons (Fsp3) is 0.500. The van der Waals surface area contributed by atoms with Gasteiger partial charge in [0.25, 0.3) is 0 Å². The number of amides is 4. The molecule has 702 valence electrons. The molecular weight excluding hydrogens is 1610 g/mol. The van der Waals surface area contributed by atoms with E-state index in [2.05, 4.69) is 101 Å². The summed E-state index contributed by atoms with van der Waals surface area (Å²) in [5, 5.41) is 15.5. The first kappa shape index (κ1) is 107. The van der Waals surface area contributed by atoms with Gasteiger partial charge in [-0.3, -0.25) is 33.6 Å². The number of ketones is 3. The molecule has 0 saturated heterocycles. The summed E-state index contributed by atoms with van der Waals surface area (Å²) in [6.45, 7) is 36.6. The van der Waals surface area contributed by atoms with Gasteiger partial charge in [0.2, 0.25) is 23.6 Å². The highest BCUT2D eigenvalue weighted by atomic mass is 16.5. The lowest BCUT2D eigenvalue weighted by Crippen LogP contribution is -2.43. The van der Waals surface area contributed by atoms with Crippen LogP contribution in [0.5, 0.6) is 23.0 Å². The van der Waals surface area contributed by atoms with Crippen molar-refractivity contribution in [1.29, 1.82) is 0 Å². The van der Waals surface area contributed by atoms with Gasteiger partial charge >= 0.3 is 0 Å². The largest absolute Gasteiger partial charge is 0.493 e. The molecule has 1 aliphatic carbocycles. The summed E-state index contributed by atoms with van der Waals surface area (Å²) in [5.41, 5.74) is 25.9. The van der Waals surface area contributed by atoms with Crippen LogP contribution in [0, 0.1) is 29.6 Å². The molecule has 8 aromatic carbocycles. The van der Waals surface area contributed by atoms with E-state index in [-0.39, 0.29) is 88.4 Å². The van der Waals surface area contributed by atoms with E-state index in [0.29, 0.717) is 101 Å². The Morgan fingerprint density at radius 1 is 0.326 bits per heavy atom. The maximum atomic E-state index is 13.2. The Morgan fingerprint density at radius 3 is 0.930 bits per heavy atom. The summed E-state index contributed by atoms with van der Waals surface area (Å²) < 4.78 is 23.7. The second kappa shape index (κ2) is 59.8. The maximum Gasteiger partial charge on any atom is 0.237 e. The molecule has 0 radical (unpaired) electrons. The lowest BCUT2D eigenvalue weighted by molar-refractivity contribution is -0.124. The lowest BCUT2D eigenvalue weighted by atomic mass is 9.87. The predicted octanol–water partition coefficient (Wildman–Crippen LogP) is 20.7. The van der Waals surface area contributed by atoms with Gasteiger partial charge < -0.3 is 62.7 Å². The van der Waals surface area contributed by atoms with E-state index in [1.165, 1.54) is 0 Å². The smallest absolute Gasteiger partial charge is 0.237 e. The van der Waals surface area contributed by atoms with Crippen LogP contribution in [0.1, 0.15) is 292 Å². The minimum atomic E-state index is -0.588. The van der Waals surface area contributed by atoms with Crippen LogP contribution in [0.3, 0.4) is 0 Å². The van der Waals surface area contributed by atoms with Crippen molar-refractivity contribution in [2.75, 3.05) is 59.2 Å². The van der Waals surface area contributed by atoms with Crippen molar-refractivity contribution in [3.63, 3.8) is 0 Å². The first-order valence-corrected chi connectivity index (χ1v) is 47.9. The Bertz CT molecular complexity index is 4460. The first-order valence-electron chi connectivity index (χ1n) is 47.9. The predicted molar refractivity (Wildman–Crippen MR) is 526 cm³/mol. The van der Waals surface area contributed by atoms with Gasteiger partial charge in [0, 0.05) is 80.9 Å². The van der Waals surface area contributed by atoms with Crippen molar-refractivity contribution in [3.8, 4) is 23.0 Å². The number of carbonyl (C=O) groups is 7. The molecule has 3 unspecified atom stereocenters. The fourth-order valence-corrected chi connectivity index (χ4v) is 15.1. The van der Waals surface area contributed by atoms with E-state index >= 15 is 0 Å². The van der Waals surface area contributed by atoms with E-state index in [0.717, 1.165) is 151 Å². The number of Topliss-reactive ketones (excluding diaryl/α,β-unsaturated/α-hetero) is 3. The van der Waals surface area contributed by atoms with E-state index in [4.69, 9.17) is 36.1 Å². The van der Waals surface area contributed by atoms with Crippen molar-refractivity contribution < 1.29 is 52.5 Å². The van der Waals surface area contributed by atoms with E-state index in [9.17, 15) is 33.6 Å². The molecule has 1 aliphatic rings. The van der Waals surface area contributed by atoms with E-state index in [1.54, 1.807) is 6.92 Å². The maximum absolute atomic E-state index is 13.2. The molecule has 1 fully saturated rings. The molecule has 19 heteroatoms. The van der Waals surface area contributed by atoms with Crippen LogP contribution < -0.4 is 62.7 Å². The van der Waals surface area contributed by atoms with Crippen molar-refractivity contribution in [2.24, 2.45) is 46.8 Å². The molecule has 0 aromatic heterocycles. The highest BCUT2D eigenvalue weighted by Crippen LogP contribution is 2.34. The molecule has 129 heavy (non-hydrogen) atoms. The molecule has 0 bridgehead atoms. The Kier molecular flexibility index (Phi) is 49.8. The van der Waals surface area contributed by atoms with Crippen molar-refractivity contribution in [2.45, 2.75) is 266 Å². The molecule has 0 heterocycles. The normalized spacial score (nSPS) is 15.1. The third kappa shape index (κ3) is 39.9. The van der Waals surface area contributed by atoms with Gasteiger partial charge in [0.1, 0.15) is 40.3 Å². The Balaban J connectivity index is 0.000000266. The molecule has 0 aliphatic heterocycles. The zero-order valence-corrected chi connectivity index (χ0v) is 80.2. The number of ether oxygens (including phenoxy) is 4. The van der Waals surface area contributed by atoms with Gasteiger partial charge in [-0.1, -0.05) is 292 Å². The number of rotatable bonds is 54. The van der Waals surface area contributed by atoms with Crippen LogP contribution in [-0.4, -0.2) is 118 Å². The van der Waals surface area contributed by atoms with Gasteiger partial charge in [-0.15, -0.1) is 0 Å². The monoisotopic (exact) mass is 1770 g/mol. The molecule has 0 spiro atoms. The Morgan fingerprint density at radius 2 is 0.628 bits per heavy atom. The number of carbonyl (C=O) groups excluding carboxylic acids is 7. The lowest BCUT2D eigenvalue weighted by Gasteiger charge is -2.23. The third-order valence-electron chi connectivity index (χ3n) is 24.3. The van der Waals surface area contributed by atoms with Crippen molar-refractivity contribution >= 4 is 41.0 Å². The first-order chi connectivity index (χ1) is 62.1. The Hall–Kier alpha value is -10.3. The van der Waals surface area contributed by atoms with E-state index < -0.39 is 18.1 Å². The number of nitrogens with one attached hydrogen (secondary N) is 5. The van der Waals surface area contributed by atoms with Crippen LogP contribution in [-0.2, 0) is 33.6 Å². The number of benzene rings is 8. The zero-order chi connectivity index (χ0) is 94.0. The third-order valence-corrected chi connectivity index (χ3v) is 24.3. The molecule has 9 rings (SSSR count). The quantitative estimate of drug-likeness (QED) is 0.0164. The molecular formula is C110H156N8O11. The van der Waals surface area contributed by atoms with Crippen LogP contribution in [0.4, 0.5) is 0 Å². The van der Waals surface area contributed by atoms with Crippen LogP contribution in [0.15, 0.2) is 218 Å². The fourth-order valence-electron chi connectivity index (χ4n) is 15.1. The van der Waals surface area contributed by atoms with Crippen LogP contribution in [0.25, 0.3) is 0 Å². The highest BCUT2D eigenvalue weighted by molar-refractivity contribution is 5.89. The molecule has 19 nitrogen and oxygen atoms in total. The summed E-state index contributed by atoms with van der Waals surface area (Å²) in [6, 6.07) is 69.5.